The molecule has 25 heavy (non-hydrogen) atoms. The van der Waals surface area contributed by atoms with Crippen molar-refractivity contribution in [3.63, 3.8) is 0 Å². The van der Waals surface area contributed by atoms with Gasteiger partial charge < -0.3 is 15.2 Å². The molecule has 4 rings (SSSR count). The van der Waals surface area contributed by atoms with Crippen LogP contribution in [0.5, 0.6) is 17.5 Å². The smallest absolute Gasteiger partial charge is 0.243 e. The van der Waals surface area contributed by atoms with E-state index in [1.807, 2.05) is 48.5 Å². The van der Waals surface area contributed by atoms with E-state index in [-0.39, 0.29) is 0 Å². The Morgan fingerprint density at radius 2 is 1.80 bits per heavy atom. The molecule has 0 aliphatic rings. The number of nitrogen functional groups attached to an aromatic ring is 1. The molecule has 4 aromatic rings. The van der Waals surface area contributed by atoms with Crippen LogP contribution in [0.3, 0.4) is 0 Å². The Hall–Kier alpha value is -3.54. The molecule has 2 aromatic carbocycles. The van der Waals surface area contributed by atoms with E-state index in [1.54, 1.807) is 29.8 Å². The number of methoxy groups -OCH3 is 1. The molecule has 0 fully saturated rings. The maximum absolute atomic E-state index is 5.79. The molecule has 0 unspecified atom stereocenters. The standard InChI is InChI=1S/C19H16N4O2/c1-24-19-18(13-6-3-2-4-7-13)21-16-10-11-17(22-23(16)19)25-15-9-5-8-14(20)12-15/h2-12H,20H2,1H3. The summed E-state index contributed by atoms with van der Waals surface area (Å²) in [5.41, 5.74) is 8.78. The van der Waals surface area contributed by atoms with E-state index in [0.29, 0.717) is 28.8 Å². The SMILES string of the molecule is COc1c(-c2ccccc2)nc2ccc(Oc3cccc(N)c3)nn12. The zero-order valence-corrected chi connectivity index (χ0v) is 13.6. The van der Waals surface area contributed by atoms with E-state index in [1.165, 1.54) is 0 Å². The minimum absolute atomic E-state index is 0.424. The molecule has 0 bridgehead atoms. The van der Waals surface area contributed by atoms with Crippen molar-refractivity contribution in [1.29, 1.82) is 0 Å². The number of ether oxygens (including phenoxy) is 2. The quantitative estimate of drug-likeness (QED) is 0.576. The summed E-state index contributed by atoms with van der Waals surface area (Å²) in [6.45, 7) is 0. The highest BCUT2D eigenvalue weighted by molar-refractivity contribution is 5.69. The first-order valence-corrected chi connectivity index (χ1v) is 7.77. The van der Waals surface area contributed by atoms with E-state index >= 15 is 0 Å². The first kappa shape index (κ1) is 15.0. The molecule has 0 spiro atoms. The molecule has 6 heteroatoms. The van der Waals surface area contributed by atoms with Crippen LogP contribution in [0.25, 0.3) is 16.9 Å². The van der Waals surface area contributed by atoms with Gasteiger partial charge in [-0.3, -0.25) is 0 Å². The van der Waals surface area contributed by atoms with Crippen LogP contribution in [0.1, 0.15) is 0 Å². The Morgan fingerprint density at radius 1 is 0.960 bits per heavy atom. The van der Waals surface area contributed by atoms with E-state index in [9.17, 15) is 0 Å². The highest BCUT2D eigenvalue weighted by atomic mass is 16.5. The molecule has 0 aliphatic heterocycles. The number of fused-ring (bicyclic) bond motifs is 1. The van der Waals surface area contributed by atoms with Crippen LogP contribution in [0.2, 0.25) is 0 Å². The predicted molar refractivity (Wildman–Crippen MR) is 95.9 cm³/mol. The summed E-state index contributed by atoms with van der Waals surface area (Å²) in [5, 5.41) is 4.48. The van der Waals surface area contributed by atoms with Crippen LogP contribution in [0.4, 0.5) is 5.69 Å². The molecule has 2 N–H and O–H groups in total. The summed E-state index contributed by atoms with van der Waals surface area (Å²) in [4.78, 5) is 4.62. The maximum Gasteiger partial charge on any atom is 0.243 e. The number of anilines is 1. The lowest BCUT2D eigenvalue weighted by atomic mass is 10.2. The molecule has 0 radical (unpaired) electrons. The van der Waals surface area contributed by atoms with Gasteiger partial charge in [-0.1, -0.05) is 36.4 Å². The van der Waals surface area contributed by atoms with E-state index in [0.717, 1.165) is 11.3 Å². The predicted octanol–water partition coefficient (Wildman–Crippen LogP) is 3.78. The van der Waals surface area contributed by atoms with Gasteiger partial charge in [-0.2, -0.15) is 4.52 Å². The third-order valence-electron chi connectivity index (χ3n) is 3.73. The van der Waals surface area contributed by atoms with Gasteiger partial charge >= 0.3 is 0 Å². The second-order valence-corrected chi connectivity index (χ2v) is 5.45. The maximum atomic E-state index is 5.79. The van der Waals surface area contributed by atoms with Crippen molar-refractivity contribution in [2.24, 2.45) is 0 Å². The molecular weight excluding hydrogens is 316 g/mol. The molecule has 0 amide bonds. The Bertz CT molecular complexity index is 1030. The highest BCUT2D eigenvalue weighted by Crippen LogP contribution is 2.31. The molecule has 2 heterocycles. The third-order valence-corrected chi connectivity index (χ3v) is 3.73. The number of hydrogen-bond acceptors (Lipinski definition) is 5. The second-order valence-electron chi connectivity index (χ2n) is 5.45. The molecule has 2 aromatic heterocycles. The topological polar surface area (TPSA) is 74.7 Å². The van der Waals surface area contributed by atoms with Crippen molar-refractivity contribution in [2.75, 3.05) is 12.8 Å². The van der Waals surface area contributed by atoms with Crippen molar-refractivity contribution in [1.82, 2.24) is 14.6 Å². The highest BCUT2D eigenvalue weighted by Gasteiger charge is 2.16. The average molecular weight is 332 g/mol. The minimum atomic E-state index is 0.424. The molecule has 124 valence electrons. The van der Waals surface area contributed by atoms with Crippen LogP contribution in [-0.2, 0) is 0 Å². The zero-order valence-electron chi connectivity index (χ0n) is 13.6. The average Bonchev–Trinajstić information content (AvgIpc) is 3.00. The summed E-state index contributed by atoms with van der Waals surface area (Å²) in [6, 6.07) is 20.6. The van der Waals surface area contributed by atoms with Crippen molar-refractivity contribution in [3.05, 3.63) is 66.7 Å². The Balaban J connectivity index is 1.77. The molecular formula is C19H16N4O2. The first-order chi connectivity index (χ1) is 12.2. The summed E-state index contributed by atoms with van der Waals surface area (Å²) in [6.07, 6.45) is 0. The van der Waals surface area contributed by atoms with E-state index < -0.39 is 0 Å². The van der Waals surface area contributed by atoms with Crippen molar-refractivity contribution >= 4 is 11.3 Å². The number of imidazole rings is 1. The number of aromatic nitrogens is 3. The van der Waals surface area contributed by atoms with Crippen LogP contribution in [0.15, 0.2) is 66.7 Å². The van der Waals surface area contributed by atoms with Crippen LogP contribution < -0.4 is 15.2 Å². The molecule has 6 nitrogen and oxygen atoms in total. The lowest BCUT2D eigenvalue weighted by molar-refractivity contribution is 0.382. The third kappa shape index (κ3) is 2.85. The number of rotatable bonds is 4. The van der Waals surface area contributed by atoms with Gasteiger partial charge in [0.25, 0.3) is 0 Å². The summed E-state index contributed by atoms with van der Waals surface area (Å²) < 4.78 is 13.0. The summed E-state index contributed by atoms with van der Waals surface area (Å²) in [7, 11) is 1.60. The van der Waals surface area contributed by atoms with Gasteiger partial charge in [-0.05, 0) is 18.2 Å². The molecule has 0 saturated heterocycles. The summed E-state index contributed by atoms with van der Waals surface area (Å²) in [5.74, 6) is 1.60. The van der Waals surface area contributed by atoms with E-state index in [4.69, 9.17) is 15.2 Å². The number of nitrogens with zero attached hydrogens (tertiary/aromatic N) is 3. The Morgan fingerprint density at radius 3 is 2.56 bits per heavy atom. The van der Waals surface area contributed by atoms with Gasteiger partial charge in [0.2, 0.25) is 11.8 Å². The van der Waals surface area contributed by atoms with Crippen LogP contribution in [0, 0.1) is 0 Å². The number of hydrogen-bond donors (Lipinski definition) is 1. The fraction of sp³-hybridized carbons (Fsp3) is 0.0526. The Labute approximate surface area is 144 Å². The zero-order chi connectivity index (χ0) is 17.2. The van der Waals surface area contributed by atoms with Gasteiger partial charge in [-0.25, -0.2) is 4.98 Å². The van der Waals surface area contributed by atoms with Crippen LogP contribution in [-0.4, -0.2) is 21.7 Å². The van der Waals surface area contributed by atoms with Gasteiger partial charge in [0.05, 0.1) is 7.11 Å². The monoisotopic (exact) mass is 332 g/mol. The van der Waals surface area contributed by atoms with Crippen LogP contribution >= 0.6 is 0 Å². The fourth-order valence-electron chi connectivity index (χ4n) is 2.62. The van der Waals surface area contributed by atoms with Crippen molar-refractivity contribution < 1.29 is 9.47 Å². The van der Waals surface area contributed by atoms with Gasteiger partial charge in [0.1, 0.15) is 11.4 Å². The molecule has 0 aliphatic carbocycles. The van der Waals surface area contributed by atoms with Gasteiger partial charge in [0, 0.05) is 23.4 Å². The molecule has 0 atom stereocenters. The second kappa shape index (κ2) is 6.16. The molecule has 0 saturated carbocycles. The largest absolute Gasteiger partial charge is 0.479 e. The normalized spacial score (nSPS) is 10.8. The fourth-order valence-corrected chi connectivity index (χ4v) is 2.62. The van der Waals surface area contributed by atoms with Crippen molar-refractivity contribution in [3.8, 4) is 28.8 Å². The number of benzene rings is 2. The first-order valence-electron chi connectivity index (χ1n) is 7.77. The lowest BCUT2D eigenvalue weighted by Gasteiger charge is -2.06. The van der Waals surface area contributed by atoms with Crippen molar-refractivity contribution in [2.45, 2.75) is 0 Å². The van der Waals surface area contributed by atoms with Gasteiger partial charge in [-0.15, -0.1) is 5.10 Å². The van der Waals surface area contributed by atoms with Gasteiger partial charge in [0.15, 0.2) is 5.65 Å². The number of nitrogens with two attached hydrogens (primary N) is 1. The van der Waals surface area contributed by atoms with E-state index in [2.05, 4.69) is 10.1 Å². The lowest BCUT2D eigenvalue weighted by Crippen LogP contribution is -1.98. The Kier molecular flexibility index (Phi) is 3.70. The minimum Gasteiger partial charge on any atom is -0.479 e. The summed E-state index contributed by atoms with van der Waals surface area (Å²) >= 11 is 0.